The quantitative estimate of drug-likeness (QED) is 0.484. The summed E-state index contributed by atoms with van der Waals surface area (Å²) in [6, 6.07) is 0.402. The molecule has 0 fully saturated rings. The van der Waals surface area contributed by atoms with Crippen molar-refractivity contribution < 1.29 is 0 Å². The molecular formula is C23H27N3S. The van der Waals surface area contributed by atoms with Gasteiger partial charge in [-0.1, -0.05) is 30.9 Å². The zero-order chi connectivity index (χ0) is 18.8. The zero-order valence-electron chi connectivity index (χ0n) is 16.2. The van der Waals surface area contributed by atoms with Crippen LogP contribution in [0.2, 0.25) is 0 Å². The van der Waals surface area contributed by atoms with E-state index in [1.54, 1.807) is 17.5 Å². The highest BCUT2D eigenvalue weighted by atomic mass is 32.2. The maximum atomic E-state index is 4.75. The minimum atomic E-state index is 0.205. The molecule has 0 saturated heterocycles. The zero-order valence-corrected chi connectivity index (χ0v) is 17.0. The Balaban J connectivity index is 1.59. The van der Waals surface area contributed by atoms with E-state index < -0.39 is 0 Å². The molecule has 3 heterocycles. The lowest BCUT2D eigenvalue weighted by Crippen LogP contribution is -2.24. The smallest absolute Gasteiger partial charge is 0.0735 e. The van der Waals surface area contributed by atoms with Crippen LogP contribution in [0.25, 0.3) is 0 Å². The molecule has 2 unspecified atom stereocenters. The number of aliphatic imine (C=N–C) groups is 2. The molecule has 0 radical (unpaired) electrons. The van der Waals surface area contributed by atoms with Gasteiger partial charge in [0.25, 0.3) is 0 Å². The Morgan fingerprint density at radius 2 is 2.26 bits per heavy atom. The highest BCUT2D eigenvalue weighted by Crippen LogP contribution is 2.40. The average Bonchev–Trinajstić information content (AvgIpc) is 3.28. The molecule has 3 nitrogen and oxygen atoms in total. The van der Waals surface area contributed by atoms with Crippen molar-refractivity contribution in [1.82, 2.24) is 4.72 Å². The molecular weight excluding hydrogens is 350 g/mol. The van der Waals surface area contributed by atoms with Crippen LogP contribution in [-0.2, 0) is 0 Å². The summed E-state index contributed by atoms with van der Waals surface area (Å²) in [7, 11) is 0. The van der Waals surface area contributed by atoms with Crippen LogP contribution >= 0.6 is 11.9 Å². The van der Waals surface area contributed by atoms with E-state index >= 15 is 0 Å². The highest BCUT2D eigenvalue weighted by molar-refractivity contribution is 8.01. The van der Waals surface area contributed by atoms with Crippen molar-refractivity contribution in [3.63, 3.8) is 0 Å². The van der Waals surface area contributed by atoms with Crippen LogP contribution in [0.5, 0.6) is 0 Å². The average molecular weight is 378 g/mol. The Labute approximate surface area is 166 Å². The van der Waals surface area contributed by atoms with Crippen LogP contribution in [0.1, 0.15) is 46.0 Å². The molecule has 0 spiro atoms. The summed E-state index contributed by atoms with van der Waals surface area (Å²) in [5.41, 5.74) is 7.61. The van der Waals surface area contributed by atoms with Gasteiger partial charge in [0.15, 0.2) is 0 Å². The maximum Gasteiger partial charge on any atom is 0.0735 e. The monoisotopic (exact) mass is 377 g/mol. The Morgan fingerprint density at radius 1 is 1.37 bits per heavy atom. The van der Waals surface area contributed by atoms with E-state index in [2.05, 4.69) is 43.4 Å². The van der Waals surface area contributed by atoms with Crippen molar-refractivity contribution in [2.75, 3.05) is 0 Å². The molecule has 0 aromatic rings. The van der Waals surface area contributed by atoms with E-state index in [1.165, 1.54) is 41.7 Å². The molecule has 0 aromatic carbocycles. The second kappa shape index (κ2) is 7.99. The summed E-state index contributed by atoms with van der Waals surface area (Å²) in [6.07, 6.45) is 18.5. The number of hydrogen-bond donors (Lipinski definition) is 1. The van der Waals surface area contributed by atoms with Crippen molar-refractivity contribution in [3.8, 4) is 0 Å². The van der Waals surface area contributed by atoms with Gasteiger partial charge in [-0.15, -0.1) is 0 Å². The van der Waals surface area contributed by atoms with Gasteiger partial charge in [-0.05, 0) is 73.8 Å². The third-order valence-electron chi connectivity index (χ3n) is 5.70. The van der Waals surface area contributed by atoms with Crippen molar-refractivity contribution in [2.45, 2.75) is 52.0 Å². The Hall–Kier alpha value is -1.91. The number of hydrogen-bond acceptors (Lipinski definition) is 4. The summed E-state index contributed by atoms with van der Waals surface area (Å²) >= 11 is 1.78. The molecule has 4 rings (SSSR count). The van der Waals surface area contributed by atoms with E-state index in [0.717, 1.165) is 23.4 Å². The molecule has 1 aliphatic carbocycles. The van der Waals surface area contributed by atoms with Crippen LogP contribution in [-0.4, -0.2) is 17.5 Å². The summed E-state index contributed by atoms with van der Waals surface area (Å²) < 4.78 is 3.56. The van der Waals surface area contributed by atoms with E-state index in [4.69, 9.17) is 9.98 Å². The Bertz CT molecular complexity index is 864. The van der Waals surface area contributed by atoms with Gasteiger partial charge in [0.1, 0.15) is 0 Å². The first-order chi connectivity index (χ1) is 13.2. The number of fused-ring (bicyclic) bond motifs is 1. The van der Waals surface area contributed by atoms with Gasteiger partial charge < -0.3 is 0 Å². The third-order valence-corrected chi connectivity index (χ3v) is 6.78. The van der Waals surface area contributed by atoms with Crippen molar-refractivity contribution in [1.29, 1.82) is 0 Å². The second-order valence-electron chi connectivity index (χ2n) is 7.37. The van der Waals surface area contributed by atoms with E-state index in [0.29, 0.717) is 6.04 Å². The van der Waals surface area contributed by atoms with Crippen LogP contribution in [0, 0.1) is 5.92 Å². The fourth-order valence-corrected chi connectivity index (χ4v) is 5.38. The van der Waals surface area contributed by atoms with Gasteiger partial charge in [0.2, 0.25) is 0 Å². The lowest BCUT2D eigenvalue weighted by Gasteiger charge is -2.21. The van der Waals surface area contributed by atoms with E-state index in [9.17, 15) is 0 Å². The van der Waals surface area contributed by atoms with Gasteiger partial charge in [-0.2, -0.15) is 0 Å². The van der Waals surface area contributed by atoms with Gasteiger partial charge in [0.05, 0.1) is 11.4 Å². The minimum absolute atomic E-state index is 0.205. The predicted molar refractivity (Wildman–Crippen MR) is 118 cm³/mol. The molecule has 140 valence electrons. The first kappa shape index (κ1) is 18.5. The molecule has 3 aliphatic heterocycles. The fourth-order valence-electron chi connectivity index (χ4n) is 4.31. The molecule has 0 aromatic heterocycles. The van der Waals surface area contributed by atoms with Crippen molar-refractivity contribution in [3.05, 3.63) is 70.5 Å². The topological polar surface area (TPSA) is 36.8 Å². The lowest BCUT2D eigenvalue weighted by molar-refractivity contribution is 0.687. The molecule has 4 aliphatic rings. The summed E-state index contributed by atoms with van der Waals surface area (Å²) in [6.45, 7) is 8.27. The largest absolute Gasteiger partial charge is 0.259 e. The minimum Gasteiger partial charge on any atom is -0.259 e. The first-order valence-electron chi connectivity index (χ1n) is 9.88. The Kier molecular flexibility index (Phi) is 5.46. The third kappa shape index (κ3) is 3.48. The molecule has 27 heavy (non-hydrogen) atoms. The lowest BCUT2D eigenvalue weighted by atomic mass is 9.85. The normalized spacial score (nSPS) is 27.9. The molecule has 0 amide bonds. The standard InChI is InChI=1S/C23H27N3S/c1-4-16(5-2)19-14-25-23-18(19)11-12-24-20(23)13-21-22(15(3)26-27-21)17-9-7-6-8-10-17/h4-5,9,11-12,14-15,18,26H,1,6-8,10,13H2,2-3H3/b16-5+. The Morgan fingerprint density at radius 3 is 3.00 bits per heavy atom. The number of nitrogens with one attached hydrogen (secondary N) is 1. The first-order valence-corrected chi connectivity index (χ1v) is 10.7. The van der Waals surface area contributed by atoms with Crippen LogP contribution in [0.15, 0.2) is 80.5 Å². The van der Waals surface area contributed by atoms with Crippen molar-refractivity contribution in [2.24, 2.45) is 15.9 Å². The molecule has 0 bridgehead atoms. The van der Waals surface area contributed by atoms with Gasteiger partial charge in [0, 0.05) is 35.7 Å². The van der Waals surface area contributed by atoms with E-state index in [-0.39, 0.29) is 5.92 Å². The maximum absolute atomic E-state index is 4.75. The van der Waals surface area contributed by atoms with Gasteiger partial charge in [-0.3, -0.25) is 14.7 Å². The summed E-state index contributed by atoms with van der Waals surface area (Å²) in [5, 5.41) is 0. The van der Waals surface area contributed by atoms with Crippen LogP contribution < -0.4 is 4.72 Å². The summed E-state index contributed by atoms with van der Waals surface area (Å²) in [4.78, 5) is 10.9. The molecule has 4 heteroatoms. The molecule has 2 atom stereocenters. The van der Waals surface area contributed by atoms with Gasteiger partial charge in [-0.25, -0.2) is 0 Å². The van der Waals surface area contributed by atoms with Gasteiger partial charge >= 0.3 is 0 Å². The SMILES string of the molecule is C=C/C(=C\C)C1=CN=C2C(CC3=C(C4=CCCCC4)C(C)NS3)=NC=CC12. The van der Waals surface area contributed by atoms with Crippen LogP contribution in [0.4, 0.5) is 0 Å². The van der Waals surface area contributed by atoms with E-state index in [1.807, 2.05) is 18.5 Å². The highest BCUT2D eigenvalue weighted by Gasteiger charge is 2.32. The molecule has 1 N–H and O–H groups in total. The van der Waals surface area contributed by atoms with Crippen molar-refractivity contribution >= 4 is 23.4 Å². The molecule has 0 saturated carbocycles. The summed E-state index contributed by atoms with van der Waals surface area (Å²) in [5.74, 6) is 0.205. The number of allylic oxidation sites excluding steroid dienone is 7. The van der Waals surface area contributed by atoms with Crippen LogP contribution in [0.3, 0.4) is 0 Å². The number of nitrogens with zero attached hydrogens (tertiary/aromatic N) is 2. The predicted octanol–water partition coefficient (Wildman–Crippen LogP) is 5.83. The second-order valence-corrected chi connectivity index (χ2v) is 8.30. The fraction of sp³-hybridized carbons (Fsp3) is 0.391. The number of rotatable bonds is 5.